The average Bonchev–Trinajstić information content (AvgIpc) is 2.05. The van der Waals surface area contributed by atoms with Crippen molar-refractivity contribution in [2.45, 2.75) is 0 Å². The van der Waals surface area contributed by atoms with Crippen LogP contribution in [0, 0.1) is 0 Å². The summed E-state index contributed by atoms with van der Waals surface area (Å²) in [5.74, 6) is 0. The first-order valence-electron chi connectivity index (χ1n) is 3.16. The molecular weight excluding hydrogens is 204 g/mol. The van der Waals surface area contributed by atoms with E-state index in [-0.39, 0.29) is 4.69 Å². The van der Waals surface area contributed by atoms with E-state index in [4.69, 9.17) is 0 Å². The number of rotatable bonds is 2. The number of benzene rings is 1. The highest BCUT2D eigenvalue weighted by molar-refractivity contribution is 9.18. The van der Waals surface area contributed by atoms with Gasteiger partial charge in [0, 0.05) is 5.56 Å². The fourth-order valence-corrected chi connectivity index (χ4v) is 1.01. The first kappa shape index (κ1) is 8.21. The van der Waals surface area contributed by atoms with Crippen LogP contribution >= 0.6 is 15.9 Å². The predicted octanol–water partition coefficient (Wildman–Crippen LogP) is 2.86. The maximum atomic E-state index is 10.7. The molecule has 11 heavy (non-hydrogen) atoms. The molecule has 1 aromatic rings. The zero-order valence-electron chi connectivity index (χ0n) is 5.88. The lowest BCUT2D eigenvalue weighted by Crippen LogP contribution is -1.86. The van der Waals surface area contributed by atoms with Crippen LogP contribution in [0.2, 0.25) is 0 Å². The quantitative estimate of drug-likeness (QED) is 0.687. The third kappa shape index (κ3) is 2.02. The third-order valence-corrected chi connectivity index (χ3v) is 1.83. The summed E-state index contributed by atoms with van der Waals surface area (Å²) in [5.41, 5.74) is 1.68. The molecule has 0 aliphatic heterocycles. The van der Waals surface area contributed by atoms with E-state index in [1.807, 2.05) is 12.1 Å². The lowest BCUT2D eigenvalue weighted by Gasteiger charge is -1.93. The van der Waals surface area contributed by atoms with E-state index in [1.165, 1.54) is 0 Å². The van der Waals surface area contributed by atoms with Crippen LogP contribution in [0.15, 0.2) is 30.8 Å². The molecule has 0 fully saturated rings. The molecule has 0 heterocycles. The number of hydrogen-bond donors (Lipinski definition) is 0. The molecule has 0 atom stereocenters. The first-order valence-corrected chi connectivity index (χ1v) is 3.95. The van der Waals surface area contributed by atoms with Crippen LogP contribution in [0.4, 0.5) is 0 Å². The molecule has 1 nitrogen and oxygen atoms in total. The number of halogens is 1. The van der Waals surface area contributed by atoms with Gasteiger partial charge in [0.25, 0.3) is 0 Å². The summed E-state index contributed by atoms with van der Waals surface area (Å²) in [6, 6.07) is 7.21. The van der Waals surface area contributed by atoms with Gasteiger partial charge >= 0.3 is 0 Å². The van der Waals surface area contributed by atoms with Crippen LogP contribution in [0.25, 0.3) is 6.08 Å². The maximum Gasteiger partial charge on any atom is 0.228 e. The van der Waals surface area contributed by atoms with Gasteiger partial charge in [-0.15, -0.1) is 0 Å². The molecule has 0 aromatic heterocycles. The van der Waals surface area contributed by atoms with Crippen molar-refractivity contribution < 1.29 is 4.79 Å². The Labute approximate surface area is 73.9 Å². The minimum Gasteiger partial charge on any atom is -0.281 e. The molecule has 0 radical (unpaired) electrons. The molecule has 2 heteroatoms. The molecule has 1 aromatic carbocycles. The summed E-state index contributed by atoms with van der Waals surface area (Å²) in [4.78, 5) is 10.7. The topological polar surface area (TPSA) is 17.1 Å². The zero-order chi connectivity index (χ0) is 8.27. The SMILES string of the molecule is C=Cc1ccc(C(=O)Br)cc1. The Balaban J connectivity index is 3.00. The van der Waals surface area contributed by atoms with Gasteiger partial charge in [-0.1, -0.05) is 24.8 Å². The van der Waals surface area contributed by atoms with E-state index < -0.39 is 0 Å². The monoisotopic (exact) mass is 210 g/mol. The van der Waals surface area contributed by atoms with Gasteiger partial charge < -0.3 is 0 Å². The van der Waals surface area contributed by atoms with Crippen molar-refractivity contribution >= 4 is 26.7 Å². The predicted molar refractivity (Wildman–Crippen MR) is 49.8 cm³/mol. The Hall–Kier alpha value is -0.890. The molecule has 0 amide bonds. The molecule has 0 unspecified atom stereocenters. The Bertz CT molecular complexity index is 274. The smallest absolute Gasteiger partial charge is 0.228 e. The molecule has 56 valence electrons. The Morgan fingerprint density at radius 1 is 1.36 bits per heavy atom. The van der Waals surface area contributed by atoms with Crippen molar-refractivity contribution in [3.8, 4) is 0 Å². The van der Waals surface area contributed by atoms with Gasteiger partial charge in [0.05, 0.1) is 0 Å². The highest BCUT2D eigenvalue weighted by atomic mass is 79.9. The summed E-state index contributed by atoms with van der Waals surface area (Å²) >= 11 is 2.86. The second kappa shape index (κ2) is 3.49. The molecular formula is C9H7BrO. The lowest BCUT2D eigenvalue weighted by molar-refractivity contribution is 0.109. The van der Waals surface area contributed by atoms with E-state index in [1.54, 1.807) is 18.2 Å². The third-order valence-electron chi connectivity index (χ3n) is 1.37. The fourth-order valence-electron chi connectivity index (χ4n) is 0.750. The largest absolute Gasteiger partial charge is 0.281 e. The van der Waals surface area contributed by atoms with Gasteiger partial charge in [0.1, 0.15) is 0 Å². The number of carbonyl (C=O) groups is 1. The van der Waals surface area contributed by atoms with Crippen molar-refractivity contribution in [2.75, 3.05) is 0 Å². The van der Waals surface area contributed by atoms with Crippen molar-refractivity contribution in [3.63, 3.8) is 0 Å². The standard InChI is InChI=1S/C9H7BrO/c1-2-7-3-5-8(6-4-7)9(10)11/h2-6H,1H2. The van der Waals surface area contributed by atoms with Crippen LogP contribution in [0.3, 0.4) is 0 Å². The van der Waals surface area contributed by atoms with Gasteiger partial charge in [0.2, 0.25) is 4.69 Å². The van der Waals surface area contributed by atoms with Gasteiger partial charge in [-0.3, -0.25) is 4.79 Å². The Morgan fingerprint density at radius 2 is 1.91 bits per heavy atom. The van der Waals surface area contributed by atoms with Crippen molar-refractivity contribution in [1.82, 2.24) is 0 Å². The second-order valence-corrected chi connectivity index (χ2v) is 2.82. The number of hydrogen-bond acceptors (Lipinski definition) is 1. The van der Waals surface area contributed by atoms with Crippen molar-refractivity contribution in [2.24, 2.45) is 0 Å². The highest BCUT2D eigenvalue weighted by Crippen LogP contribution is 2.08. The summed E-state index contributed by atoms with van der Waals surface area (Å²) in [6.45, 7) is 3.61. The highest BCUT2D eigenvalue weighted by Gasteiger charge is 1.97. The molecule has 0 aliphatic carbocycles. The maximum absolute atomic E-state index is 10.7. The van der Waals surface area contributed by atoms with Crippen molar-refractivity contribution in [1.29, 1.82) is 0 Å². The zero-order valence-corrected chi connectivity index (χ0v) is 7.47. The minimum atomic E-state index is -0.0897. The van der Waals surface area contributed by atoms with E-state index in [2.05, 4.69) is 22.5 Å². The molecule has 1 rings (SSSR count). The van der Waals surface area contributed by atoms with E-state index >= 15 is 0 Å². The molecule has 0 saturated carbocycles. The summed E-state index contributed by atoms with van der Waals surface area (Å²) in [5, 5.41) is 0. The van der Waals surface area contributed by atoms with Crippen molar-refractivity contribution in [3.05, 3.63) is 42.0 Å². The van der Waals surface area contributed by atoms with Gasteiger partial charge in [-0.2, -0.15) is 0 Å². The summed E-state index contributed by atoms with van der Waals surface area (Å²) in [7, 11) is 0. The van der Waals surface area contributed by atoms with Crippen LogP contribution in [-0.4, -0.2) is 4.69 Å². The number of carbonyl (C=O) groups excluding carboxylic acids is 1. The van der Waals surface area contributed by atoms with Crippen LogP contribution < -0.4 is 0 Å². The normalized spacial score (nSPS) is 9.18. The Kier molecular flexibility index (Phi) is 2.60. The first-order chi connectivity index (χ1) is 5.24. The van der Waals surface area contributed by atoms with Crippen LogP contribution in [0.1, 0.15) is 15.9 Å². The van der Waals surface area contributed by atoms with Crippen LogP contribution in [0.5, 0.6) is 0 Å². The van der Waals surface area contributed by atoms with E-state index in [0.29, 0.717) is 5.56 Å². The van der Waals surface area contributed by atoms with E-state index in [0.717, 1.165) is 5.56 Å². The average molecular weight is 211 g/mol. The van der Waals surface area contributed by atoms with Gasteiger partial charge in [0.15, 0.2) is 0 Å². The minimum absolute atomic E-state index is 0.0897. The van der Waals surface area contributed by atoms with Gasteiger partial charge in [-0.25, -0.2) is 0 Å². The van der Waals surface area contributed by atoms with E-state index in [9.17, 15) is 4.79 Å². The molecule has 0 N–H and O–H groups in total. The van der Waals surface area contributed by atoms with Crippen LogP contribution in [-0.2, 0) is 0 Å². The van der Waals surface area contributed by atoms with Gasteiger partial charge in [-0.05, 0) is 33.6 Å². The molecule has 0 bridgehead atoms. The second-order valence-electron chi connectivity index (χ2n) is 2.10. The Morgan fingerprint density at radius 3 is 2.27 bits per heavy atom. The molecule has 0 spiro atoms. The summed E-state index contributed by atoms with van der Waals surface area (Å²) in [6.07, 6.45) is 1.74. The fraction of sp³-hybridized carbons (Fsp3) is 0. The molecule has 0 aliphatic rings. The summed E-state index contributed by atoms with van der Waals surface area (Å²) < 4.78 is -0.0897. The molecule has 0 saturated heterocycles. The lowest BCUT2D eigenvalue weighted by atomic mass is 10.1.